The number of guanidine groups is 1. The number of amides is 1. The normalized spacial score (nSPS) is 20.5. The molecule has 1 saturated carbocycles. The van der Waals surface area contributed by atoms with Gasteiger partial charge in [-0.05, 0) is 33.1 Å². The van der Waals surface area contributed by atoms with Crippen molar-refractivity contribution >= 4 is 11.9 Å². The van der Waals surface area contributed by atoms with E-state index in [1.54, 1.807) is 14.2 Å². The molecule has 1 atom stereocenters. The molecule has 28 heavy (non-hydrogen) atoms. The number of aromatic nitrogens is 1. The summed E-state index contributed by atoms with van der Waals surface area (Å²) in [4.78, 5) is 23.5. The topological polar surface area (TPSA) is 78.9 Å². The second-order valence-corrected chi connectivity index (χ2v) is 7.87. The summed E-state index contributed by atoms with van der Waals surface area (Å²) in [6.45, 7) is 6.18. The number of likely N-dealkylation sites (tertiary alicyclic amines) is 1. The summed E-state index contributed by atoms with van der Waals surface area (Å²) in [5.41, 5.74) is 3.01. The first-order chi connectivity index (χ1) is 13.5. The summed E-state index contributed by atoms with van der Waals surface area (Å²) >= 11 is 0. The van der Waals surface area contributed by atoms with Crippen LogP contribution in [0.4, 0.5) is 0 Å². The lowest BCUT2D eigenvalue weighted by Crippen LogP contribution is -2.45. The molecule has 0 bridgehead atoms. The van der Waals surface area contributed by atoms with Crippen LogP contribution in [0.15, 0.2) is 11.2 Å². The molecule has 2 N–H and O–H groups in total. The molecular formula is C21H33N5O2. The number of methoxy groups -OCH3 is 1. The minimum Gasteiger partial charge on any atom is -0.496 e. The molecule has 1 aliphatic heterocycles. The molecule has 1 saturated heterocycles. The van der Waals surface area contributed by atoms with Crippen molar-refractivity contribution in [3.63, 3.8) is 0 Å². The Labute approximate surface area is 168 Å². The smallest absolute Gasteiger partial charge is 0.225 e. The van der Waals surface area contributed by atoms with Crippen LogP contribution in [0.25, 0.3) is 0 Å². The first-order valence-electron chi connectivity index (χ1n) is 10.3. The van der Waals surface area contributed by atoms with Gasteiger partial charge in [0.1, 0.15) is 5.75 Å². The average Bonchev–Trinajstić information content (AvgIpc) is 3.38. The summed E-state index contributed by atoms with van der Waals surface area (Å²) in [6.07, 6.45) is 7.29. The third-order valence-electron chi connectivity index (χ3n) is 5.94. The predicted molar refractivity (Wildman–Crippen MR) is 111 cm³/mol. The van der Waals surface area contributed by atoms with E-state index < -0.39 is 0 Å². The van der Waals surface area contributed by atoms with Crippen molar-refractivity contribution in [2.75, 3.05) is 27.2 Å². The van der Waals surface area contributed by atoms with E-state index in [1.807, 2.05) is 24.9 Å². The number of aryl methyl sites for hydroxylation is 1. The van der Waals surface area contributed by atoms with Crippen LogP contribution >= 0.6 is 0 Å². The molecule has 0 radical (unpaired) electrons. The van der Waals surface area contributed by atoms with Crippen LogP contribution in [0, 0.1) is 19.8 Å². The predicted octanol–water partition coefficient (Wildman–Crippen LogP) is 2.16. The van der Waals surface area contributed by atoms with Crippen LogP contribution in [0.5, 0.6) is 5.75 Å². The van der Waals surface area contributed by atoms with Crippen LogP contribution in [0.2, 0.25) is 0 Å². The zero-order chi connectivity index (χ0) is 20.1. The quantitative estimate of drug-likeness (QED) is 0.598. The summed E-state index contributed by atoms with van der Waals surface area (Å²) in [6, 6.07) is 0.234. The number of carbonyl (C=O) groups is 1. The summed E-state index contributed by atoms with van der Waals surface area (Å²) in [5.74, 6) is 2.21. The van der Waals surface area contributed by atoms with Gasteiger partial charge in [0, 0.05) is 49.4 Å². The van der Waals surface area contributed by atoms with Crippen LogP contribution in [0.3, 0.4) is 0 Å². The number of carbonyl (C=O) groups excluding carboxylic acids is 1. The number of hydrogen-bond donors (Lipinski definition) is 2. The summed E-state index contributed by atoms with van der Waals surface area (Å²) in [5, 5.41) is 6.80. The van der Waals surface area contributed by atoms with Crippen molar-refractivity contribution in [1.82, 2.24) is 20.5 Å². The van der Waals surface area contributed by atoms with E-state index in [0.717, 1.165) is 60.9 Å². The van der Waals surface area contributed by atoms with Gasteiger partial charge in [0.05, 0.1) is 19.3 Å². The SMILES string of the molecule is CN=C(NCc1ncc(C)c(OC)c1C)NC1CCN(C(=O)C2CCCC2)C1. The van der Waals surface area contributed by atoms with Crippen molar-refractivity contribution in [1.29, 1.82) is 0 Å². The lowest BCUT2D eigenvalue weighted by atomic mass is 10.1. The molecule has 7 nitrogen and oxygen atoms in total. The largest absolute Gasteiger partial charge is 0.496 e. The molecule has 2 fully saturated rings. The Kier molecular flexibility index (Phi) is 6.75. The summed E-state index contributed by atoms with van der Waals surface area (Å²) in [7, 11) is 3.45. The molecule has 154 valence electrons. The number of nitrogens with zero attached hydrogens (tertiary/aromatic N) is 3. The van der Waals surface area contributed by atoms with Crippen molar-refractivity contribution in [2.24, 2.45) is 10.9 Å². The molecule has 7 heteroatoms. The first kappa shape index (κ1) is 20.4. The fraction of sp³-hybridized carbons (Fsp3) is 0.667. The maximum atomic E-state index is 12.6. The minimum absolute atomic E-state index is 0.234. The van der Waals surface area contributed by atoms with Crippen LogP contribution in [-0.2, 0) is 11.3 Å². The lowest BCUT2D eigenvalue weighted by molar-refractivity contribution is -0.134. The zero-order valence-electron chi connectivity index (χ0n) is 17.5. The monoisotopic (exact) mass is 387 g/mol. The van der Waals surface area contributed by atoms with Gasteiger partial charge in [0.25, 0.3) is 0 Å². The molecule has 1 aromatic heterocycles. The Hall–Kier alpha value is -2.31. The number of rotatable bonds is 5. The Morgan fingerprint density at radius 2 is 2.07 bits per heavy atom. The molecule has 0 aromatic carbocycles. The van der Waals surface area contributed by atoms with Crippen LogP contribution < -0.4 is 15.4 Å². The third kappa shape index (κ3) is 4.56. The molecule has 1 amide bonds. The summed E-state index contributed by atoms with van der Waals surface area (Å²) < 4.78 is 5.48. The Balaban J connectivity index is 1.52. The van der Waals surface area contributed by atoms with Crippen molar-refractivity contribution < 1.29 is 9.53 Å². The highest BCUT2D eigenvalue weighted by atomic mass is 16.5. The van der Waals surface area contributed by atoms with Gasteiger partial charge in [0.15, 0.2) is 5.96 Å². The van der Waals surface area contributed by atoms with Crippen molar-refractivity contribution in [3.05, 3.63) is 23.0 Å². The second kappa shape index (κ2) is 9.26. The van der Waals surface area contributed by atoms with Gasteiger partial charge >= 0.3 is 0 Å². The molecule has 2 heterocycles. The molecule has 1 aromatic rings. The number of pyridine rings is 1. The molecule has 3 rings (SSSR count). The maximum Gasteiger partial charge on any atom is 0.225 e. The second-order valence-electron chi connectivity index (χ2n) is 7.87. The first-order valence-corrected chi connectivity index (χ1v) is 10.3. The highest BCUT2D eigenvalue weighted by molar-refractivity contribution is 5.81. The van der Waals surface area contributed by atoms with Gasteiger partial charge in [-0.2, -0.15) is 0 Å². The fourth-order valence-corrected chi connectivity index (χ4v) is 4.31. The van der Waals surface area contributed by atoms with E-state index in [0.29, 0.717) is 12.5 Å². The van der Waals surface area contributed by atoms with Crippen molar-refractivity contribution in [3.8, 4) is 5.75 Å². The molecular weight excluding hydrogens is 354 g/mol. The zero-order valence-corrected chi connectivity index (χ0v) is 17.5. The van der Waals surface area contributed by atoms with E-state index in [2.05, 4.69) is 20.6 Å². The van der Waals surface area contributed by atoms with Gasteiger partial charge in [-0.25, -0.2) is 0 Å². The Bertz CT molecular complexity index is 728. The van der Waals surface area contributed by atoms with E-state index in [9.17, 15) is 4.79 Å². The highest BCUT2D eigenvalue weighted by Crippen LogP contribution is 2.28. The Morgan fingerprint density at radius 3 is 2.75 bits per heavy atom. The standard InChI is InChI=1S/C21H33N5O2/c1-14-11-23-18(15(2)19(14)28-4)12-24-21(22-3)25-17-9-10-26(13-17)20(27)16-7-5-6-8-16/h11,16-17H,5-10,12-13H2,1-4H3,(H2,22,24,25). The van der Waals surface area contributed by atoms with Gasteiger partial charge in [-0.15, -0.1) is 0 Å². The van der Waals surface area contributed by atoms with Gasteiger partial charge in [-0.3, -0.25) is 14.8 Å². The molecule has 1 aliphatic carbocycles. The fourth-order valence-electron chi connectivity index (χ4n) is 4.31. The van der Waals surface area contributed by atoms with E-state index >= 15 is 0 Å². The third-order valence-corrected chi connectivity index (χ3v) is 5.94. The number of hydrogen-bond acceptors (Lipinski definition) is 4. The van der Waals surface area contributed by atoms with E-state index in [4.69, 9.17) is 4.74 Å². The number of aliphatic imine (C=N–C) groups is 1. The van der Waals surface area contributed by atoms with Crippen LogP contribution in [0.1, 0.15) is 48.9 Å². The van der Waals surface area contributed by atoms with Crippen LogP contribution in [-0.4, -0.2) is 55.0 Å². The van der Waals surface area contributed by atoms with Gasteiger partial charge < -0.3 is 20.3 Å². The lowest BCUT2D eigenvalue weighted by Gasteiger charge is -2.21. The average molecular weight is 388 g/mol. The molecule has 0 spiro atoms. The van der Waals surface area contributed by atoms with E-state index in [1.165, 1.54) is 12.8 Å². The molecule has 1 unspecified atom stereocenters. The van der Waals surface area contributed by atoms with E-state index in [-0.39, 0.29) is 12.0 Å². The van der Waals surface area contributed by atoms with Gasteiger partial charge in [0.2, 0.25) is 5.91 Å². The Morgan fingerprint density at radius 1 is 1.32 bits per heavy atom. The van der Waals surface area contributed by atoms with Crippen molar-refractivity contribution in [2.45, 2.75) is 58.5 Å². The molecule has 2 aliphatic rings. The van der Waals surface area contributed by atoms with Gasteiger partial charge in [-0.1, -0.05) is 12.8 Å². The highest BCUT2D eigenvalue weighted by Gasteiger charge is 2.32. The minimum atomic E-state index is 0.234. The number of nitrogens with one attached hydrogen (secondary N) is 2. The number of ether oxygens (including phenoxy) is 1. The maximum absolute atomic E-state index is 12.6.